The summed E-state index contributed by atoms with van der Waals surface area (Å²) in [5.41, 5.74) is 8.00. The van der Waals surface area contributed by atoms with Crippen molar-refractivity contribution in [1.29, 1.82) is 0 Å². The Hall–Kier alpha value is -3.69. The fourth-order valence-electron chi connectivity index (χ4n) is 3.36. The number of nitrogens with one attached hydrogen (secondary N) is 2. The molecule has 35 heavy (non-hydrogen) atoms. The summed E-state index contributed by atoms with van der Waals surface area (Å²) in [6.45, 7) is 3.50. The largest absolute Gasteiger partial charge is 0.484 e. The predicted octanol–water partition coefficient (Wildman–Crippen LogP) is 3.55. The minimum absolute atomic E-state index is 0.139. The molecule has 1 atom stereocenters. The molecule has 2 amide bonds. The summed E-state index contributed by atoms with van der Waals surface area (Å²) in [6, 6.07) is 21.8. The molecule has 9 heteroatoms. The fourth-order valence-corrected chi connectivity index (χ4v) is 4.44. The van der Waals surface area contributed by atoms with Gasteiger partial charge in [-0.2, -0.15) is 0 Å². The Morgan fingerprint density at radius 2 is 1.60 bits per heavy atom. The maximum absolute atomic E-state index is 12.6. The van der Waals surface area contributed by atoms with Gasteiger partial charge in [0.05, 0.1) is 10.9 Å². The molecule has 8 nitrogen and oxygen atoms in total. The van der Waals surface area contributed by atoms with Gasteiger partial charge in [0.1, 0.15) is 5.75 Å². The second-order valence-corrected chi connectivity index (χ2v) is 10.1. The molecule has 0 saturated heterocycles. The second-order valence-electron chi connectivity index (χ2n) is 8.46. The Morgan fingerprint density at radius 3 is 2.31 bits per heavy atom. The molecule has 3 aromatic carbocycles. The first-order valence-corrected chi connectivity index (χ1v) is 12.6. The van der Waals surface area contributed by atoms with Crippen LogP contribution in [-0.4, -0.2) is 32.9 Å². The first kappa shape index (κ1) is 25.9. The SMILES string of the molecule is CC(C)C[C@H](N)C(=O)NS(=O)(=O)c1cccc(NC(=O)COc2cccc(-c3ccccc3)c2)c1. The van der Waals surface area contributed by atoms with Gasteiger partial charge in [-0.15, -0.1) is 0 Å². The van der Waals surface area contributed by atoms with E-state index < -0.39 is 27.9 Å². The van der Waals surface area contributed by atoms with E-state index >= 15 is 0 Å². The normalized spacial score (nSPS) is 12.1. The Balaban J connectivity index is 1.60. The number of hydrogen-bond acceptors (Lipinski definition) is 6. The molecule has 0 fully saturated rings. The standard InChI is InChI=1S/C26H29N3O5S/c1-18(2)14-24(27)26(31)29-35(32,33)23-13-7-11-21(16-23)28-25(30)17-34-22-12-6-10-20(15-22)19-8-4-3-5-9-19/h3-13,15-16,18,24H,14,17,27H2,1-2H3,(H,28,30)(H,29,31)/t24-/m0/s1. The molecular formula is C26H29N3O5S. The van der Waals surface area contributed by atoms with Crippen molar-refractivity contribution in [2.75, 3.05) is 11.9 Å². The van der Waals surface area contributed by atoms with Crippen molar-refractivity contribution in [2.45, 2.75) is 31.2 Å². The molecule has 0 spiro atoms. The number of ether oxygens (including phenoxy) is 1. The van der Waals surface area contributed by atoms with Gasteiger partial charge in [0, 0.05) is 5.69 Å². The molecule has 0 aliphatic rings. The monoisotopic (exact) mass is 495 g/mol. The van der Waals surface area contributed by atoms with E-state index in [2.05, 4.69) is 5.32 Å². The number of rotatable bonds is 10. The van der Waals surface area contributed by atoms with E-state index in [1.54, 1.807) is 12.1 Å². The smallest absolute Gasteiger partial charge is 0.264 e. The molecule has 3 aromatic rings. The van der Waals surface area contributed by atoms with Crippen LogP contribution in [0.4, 0.5) is 5.69 Å². The molecule has 0 unspecified atom stereocenters. The Bertz CT molecular complexity index is 1280. The van der Waals surface area contributed by atoms with E-state index in [1.807, 2.05) is 67.1 Å². The van der Waals surface area contributed by atoms with Crippen LogP contribution in [0.25, 0.3) is 11.1 Å². The van der Waals surface area contributed by atoms with Gasteiger partial charge in [-0.1, -0.05) is 62.4 Å². The maximum atomic E-state index is 12.6. The van der Waals surface area contributed by atoms with E-state index in [1.165, 1.54) is 18.2 Å². The second kappa shape index (κ2) is 11.6. The summed E-state index contributed by atoms with van der Waals surface area (Å²) < 4.78 is 32.8. The third-order valence-corrected chi connectivity index (χ3v) is 6.38. The summed E-state index contributed by atoms with van der Waals surface area (Å²) in [6.07, 6.45) is 0.353. The van der Waals surface area contributed by atoms with Crippen molar-refractivity contribution >= 4 is 27.5 Å². The minimum atomic E-state index is -4.15. The van der Waals surface area contributed by atoms with Crippen LogP contribution in [0.1, 0.15) is 20.3 Å². The number of benzene rings is 3. The molecule has 4 N–H and O–H groups in total. The van der Waals surface area contributed by atoms with Gasteiger partial charge < -0.3 is 15.8 Å². The first-order valence-electron chi connectivity index (χ1n) is 11.1. The summed E-state index contributed by atoms with van der Waals surface area (Å²) in [5.74, 6) is -0.578. The maximum Gasteiger partial charge on any atom is 0.264 e. The van der Waals surface area contributed by atoms with Crippen LogP contribution in [0, 0.1) is 5.92 Å². The van der Waals surface area contributed by atoms with Gasteiger partial charge in [-0.25, -0.2) is 13.1 Å². The van der Waals surface area contributed by atoms with Crippen molar-refractivity contribution in [3.05, 3.63) is 78.9 Å². The van der Waals surface area contributed by atoms with Gasteiger partial charge in [-0.05, 0) is 53.8 Å². The minimum Gasteiger partial charge on any atom is -0.484 e. The van der Waals surface area contributed by atoms with Gasteiger partial charge in [0.25, 0.3) is 21.8 Å². The van der Waals surface area contributed by atoms with Crippen LogP contribution in [0.15, 0.2) is 83.8 Å². The Morgan fingerprint density at radius 1 is 0.914 bits per heavy atom. The van der Waals surface area contributed by atoms with Gasteiger partial charge in [-0.3, -0.25) is 9.59 Å². The highest BCUT2D eigenvalue weighted by molar-refractivity contribution is 7.90. The molecular weight excluding hydrogens is 466 g/mol. The quantitative estimate of drug-likeness (QED) is 0.395. The Kier molecular flexibility index (Phi) is 8.62. The Labute approximate surface area is 205 Å². The first-order chi connectivity index (χ1) is 16.6. The number of carbonyl (C=O) groups is 2. The number of anilines is 1. The summed E-state index contributed by atoms with van der Waals surface area (Å²) in [4.78, 5) is 24.4. The highest BCUT2D eigenvalue weighted by Crippen LogP contribution is 2.23. The summed E-state index contributed by atoms with van der Waals surface area (Å²) in [7, 11) is -4.15. The van der Waals surface area contributed by atoms with E-state index in [0.29, 0.717) is 12.2 Å². The van der Waals surface area contributed by atoms with Gasteiger partial charge in [0.15, 0.2) is 6.61 Å². The zero-order valence-corrected chi connectivity index (χ0v) is 20.4. The third kappa shape index (κ3) is 7.66. The van der Waals surface area contributed by atoms with Crippen molar-refractivity contribution in [1.82, 2.24) is 4.72 Å². The average molecular weight is 496 g/mol. The van der Waals surface area contributed by atoms with Crippen LogP contribution in [0.3, 0.4) is 0 Å². The lowest BCUT2D eigenvalue weighted by molar-refractivity contribution is -0.121. The van der Waals surface area contributed by atoms with Gasteiger partial charge in [0.2, 0.25) is 0 Å². The zero-order chi connectivity index (χ0) is 25.4. The number of sulfonamides is 1. The van der Waals surface area contributed by atoms with E-state index in [9.17, 15) is 18.0 Å². The molecule has 0 aromatic heterocycles. The summed E-state index contributed by atoms with van der Waals surface area (Å²) in [5, 5.41) is 2.61. The van der Waals surface area contributed by atoms with Gasteiger partial charge >= 0.3 is 0 Å². The molecule has 0 radical (unpaired) electrons. The molecule has 0 saturated carbocycles. The lowest BCUT2D eigenvalue weighted by atomic mass is 10.0. The van der Waals surface area contributed by atoms with Crippen molar-refractivity contribution < 1.29 is 22.7 Å². The highest BCUT2D eigenvalue weighted by Gasteiger charge is 2.23. The number of hydrogen-bond donors (Lipinski definition) is 3. The van der Waals surface area contributed by atoms with E-state index in [-0.39, 0.29) is 23.1 Å². The number of nitrogens with two attached hydrogens (primary N) is 1. The molecule has 0 aliphatic heterocycles. The van der Waals surface area contributed by atoms with Crippen molar-refractivity contribution in [3.63, 3.8) is 0 Å². The molecule has 0 heterocycles. The topological polar surface area (TPSA) is 128 Å². The lowest BCUT2D eigenvalue weighted by Gasteiger charge is -2.15. The number of amides is 2. The molecule has 184 valence electrons. The van der Waals surface area contributed by atoms with Crippen LogP contribution in [0.5, 0.6) is 5.75 Å². The predicted molar refractivity (Wildman–Crippen MR) is 135 cm³/mol. The third-order valence-electron chi connectivity index (χ3n) is 5.04. The zero-order valence-electron chi connectivity index (χ0n) is 19.6. The van der Waals surface area contributed by atoms with Crippen LogP contribution in [-0.2, 0) is 19.6 Å². The average Bonchev–Trinajstić information content (AvgIpc) is 2.83. The van der Waals surface area contributed by atoms with E-state index in [0.717, 1.165) is 11.1 Å². The van der Waals surface area contributed by atoms with Crippen LogP contribution >= 0.6 is 0 Å². The lowest BCUT2D eigenvalue weighted by Crippen LogP contribution is -2.43. The fraction of sp³-hybridized carbons (Fsp3) is 0.231. The molecule has 3 rings (SSSR count). The summed E-state index contributed by atoms with van der Waals surface area (Å²) >= 11 is 0. The van der Waals surface area contributed by atoms with E-state index in [4.69, 9.17) is 10.5 Å². The number of carbonyl (C=O) groups excluding carboxylic acids is 2. The molecule has 0 aliphatic carbocycles. The van der Waals surface area contributed by atoms with Crippen molar-refractivity contribution in [3.8, 4) is 16.9 Å². The van der Waals surface area contributed by atoms with Crippen molar-refractivity contribution in [2.24, 2.45) is 11.7 Å². The highest BCUT2D eigenvalue weighted by atomic mass is 32.2. The van der Waals surface area contributed by atoms with Crippen LogP contribution in [0.2, 0.25) is 0 Å². The van der Waals surface area contributed by atoms with Crippen LogP contribution < -0.4 is 20.5 Å². The molecule has 0 bridgehead atoms.